The smallest absolute Gasteiger partial charge is 0.223 e. The number of rotatable bonds is 5. The second-order valence-electron chi connectivity index (χ2n) is 5.07. The van der Waals surface area contributed by atoms with Crippen molar-refractivity contribution in [1.29, 1.82) is 0 Å². The first-order chi connectivity index (χ1) is 5.71. The summed E-state index contributed by atoms with van der Waals surface area (Å²) in [5.74, 6) is -0.277. The van der Waals surface area contributed by atoms with Crippen molar-refractivity contribution in [3.63, 3.8) is 0 Å². The second kappa shape index (κ2) is 4.09. The molecule has 0 saturated heterocycles. The Hall–Kier alpha value is -0.570. The summed E-state index contributed by atoms with van der Waals surface area (Å²) in [6.45, 7) is 7.77. The molecule has 1 amide bonds. The Balaban J connectivity index is 4.09. The summed E-state index contributed by atoms with van der Waals surface area (Å²) in [7, 11) is 0. The zero-order valence-electron chi connectivity index (χ0n) is 9.05. The first kappa shape index (κ1) is 12.4. The molecule has 0 spiro atoms. The summed E-state index contributed by atoms with van der Waals surface area (Å²) in [6.07, 6.45) is 1.52. The normalized spacial score (nSPS) is 13.0. The molecular weight excluding hydrogens is 166 g/mol. The van der Waals surface area contributed by atoms with E-state index in [0.717, 1.165) is 12.8 Å². The summed E-state index contributed by atoms with van der Waals surface area (Å²) >= 11 is 0. The molecule has 78 valence electrons. The lowest BCUT2D eigenvalue weighted by atomic mass is 9.79. The van der Waals surface area contributed by atoms with Gasteiger partial charge in [0.15, 0.2) is 0 Å². The fourth-order valence-electron chi connectivity index (χ4n) is 0.853. The van der Waals surface area contributed by atoms with E-state index in [-0.39, 0.29) is 17.9 Å². The lowest BCUT2D eigenvalue weighted by molar-refractivity contribution is -0.126. The number of carbonyl (C=O) groups excluding carboxylic acids is 1. The highest BCUT2D eigenvalue weighted by atomic mass is 16.3. The molecule has 0 heterocycles. The van der Waals surface area contributed by atoms with Crippen molar-refractivity contribution in [2.75, 3.05) is 6.61 Å². The molecule has 3 heteroatoms. The molecule has 0 saturated carbocycles. The number of amides is 1. The molecule has 0 bridgehead atoms. The molecule has 13 heavy (non-hydrogen) atoms. The summed E-state index contributed by atoms with van der Waals surface area (Å²) in [4.78, 5) is 11.0. The van der Waals surface area contributed by atoms with Crippen LogP contribution in [0.25, 0.3) is 0 Å². The van der Waals surface area contributed by atoms with Crippen LogP contribution < -0.4 is 5.73 Å². The number of carbonyl (C=O) groups is 1. The third kappa shape index (κ3) is 4.27. The van der Waals surface area contributed by atoms with Crippen LogP contribution in [-0.4, -0.2) is 17.6 Å². The van der Waals surface area contributed by atoms with E-state index in [0.29, 0.717) is 0 Å². The van der Waals surface area contributed by atoms with Crippen molar-refractivity contribution in [3.05, 3.63) is 0 Å². The highest BCUT2D eigenvalue weighted by molar-refractivity contribution is 5.79. The van der Waals surface area contributed by atoms with Crippen molar-refractivity contribution in [1.82, 2.24) is 0 Å². The predicted molar refractivity (Wildman–Crippen MR) is 53.1 cm³/mol. The van der Waals surface area contributed by atoms with Crippen molar-refractivity contribution >= 4 is 5.91 Å². The van der Waals surface area contributed by atoms with Crippen molar-refractivity contribution in [2.24, 2.45) is 16.6 Å². The molecule has 0 radical (unpaired) electrons. The number of aliphatic hydroxyl groups is 1. The fraction of sp³-hybridized carbons (Fsp3) is 0.900. The minimum atomic E-state index is -0.466. The largest absolute Gasteiger partial charge is 0.396 e. The van der Waals surface area contributed by atoms with Gasteiger partial charge in [0.05, 0.1) is 0 Å². The van der Waals surface area contributed by atoms with Gasteiger partial charge in [0.25, 0.3) is 0 Å². The van der Waals surface area contributed by atoms with Gasteiger partial charge in [-0.05, 0) is 18.3 Å². The van der Waals surface area contributed by atoms with Crippen molar-refractivity contribution in [2.45, 2.75) is 40.5 Å². The van der Waals surface area contributed by atoms with E-state index in [1.54, 1.807) is 0 Å². The molecule has 0 atom stereocenters. The van der Waals surface area contributed by atoms with E-state index in [1.807, 2.05) is 27.7 Å². The van der Waals surface area contributed by atoms with Crippen LogP contribution in [-0.2, 0) is 4.79 Å². The van der Waals surface area contributed by atoms with Crippen LogP contribution in [0.2, 0.25) is 0 Å². The number of hydrogen-bond acceptors (Lipinski definition) is 2. The Morgan fingerprint density at radius 1 is 1.23 bits per heavy atom. The molecule has 0 aliphatic heterocycles. The molecule has 0 unspecified atom stereocenters. The minimum Gasteiger partial charge on any atom is -0.396 e. The maximum Gasteiger partial charge on any atom is 0.223 e. The van der Waals surface area contributed by atoms with Gasteiger partial charge < -0.3 is 10.8 Å². The number of primary amides is 1. The molecule has 0 aliphatic carbocycles. The van der Waals surface area contributed by atoms with Crippen LogP contribution >= 0.6 is 0 Å². The van der Waals surface area contributed by atoms with Gasteiger partial charge in [-0.2, -0.15) is 0 Å². The van der Waals surface area contributed by atoms with E-state index in [4.69, 9.17) is 10.8 Å². The minimum absolute atomic E-state index is 0.118. The average Bonchev–Trinajstić information content (AvgIpc) is 2.01. The highest BCUT2D eigenvalue weighted by Gasteiger charge is 2.28. The van der Waals surface area contributed by atoms with Crippen LogP contribution in [0.4, 0.5) is 0 Å². The molecule has 3 N–H and O–H groups in total. The summed E-state index contributed by atoms with van der Waals surface area (Å²) in [5, 5.41) is 9.01. The van der Waals surface area contributed by atoms with E-state index in [2.05, 4.69) is 0 Å². The predicted octanol–water partition coefficient (Wildman–Crippen LogP) is 1.30. The van der Waals surface area contributed by atoms with Crippen LogP contribution in [0.3, 0.4) is 0 Å². The second-order valence-corrected chi connectivity index (χ2v) is 5.07. The van der Waals surface area contributed by atoms with Crippen molar-refractivity contribution in [3.8, 4) is 0 Å². The van der Waals surface area contributed by atoms with Gasteiger partial charge in [-0.1, -0.05) is 27.7 Å². The molecule has 0 aromatic rings. The van der Waals surface area contributed by atoms with Gasteiger partial charge in [-0.3, -0.25) is 4.79 Å². The zero-order chi connectivity index (χ0) is 10.7. The Labute approximate surface area is 80.3 Å². The Morgan fingerprint density at radius 2 is 1.69 bits per heavy atom. The first-order valence-electron chi connectivity index (χ1n) is 4.62. The maximum absolute atomic E-state index is 11.0. The quantitative estimate of drug-likeness (QED) is 0.681. The van der Waals surface area contributed by atoms with Crippen LogP contribution in [0.1, 0.15) is 40.5 Å². The lowest BCUT2D eigenvalue weighted by Crippen LogP contribution is -2.33. The van der Waals surface area contributed by atoms with E-state index >= 15 is 0 Å². The zero-order valence-corrected chi connectivity index (χ0v) is 9.05. The molecule has 0 aromatic carbocycles. The molecule has 3 nitrogen and oxygen atoms in total. The lowest BCUT2D eigenvalue weighted by Gasteiger charge is -2.27. The van der Waals surface area contributed by atoms with E-state index in [1.165, 1.54) is 0 Å². The van der Waals surface area contributed by atoms with E-state index in [9.17, 15) is 4.79 Å². The highest BCUT2D eigenvalue weighted by Crippen LogP contribution is 2.29. The van der Waals surface area contributed by atoms with Gasteiger partial charge in [0.1, 0.15) is 0 Å². The van der Waals surface area contributed by atoms with Gasteiger partial charge in [0, 0.05) is 12.0 Å². The van der Waals surface area contributed by atoms with Gasteiger partial charge in [0.2, 0.25) is 5.91 Å². The molecular formula is C10H21NO2. The Morgan fingerprint density at radius 3 is 2.00 bits per heavy atom. The fourth-order valence-corrected chi connectivity index (χ4v) is 0.853. The summed E-state index contributed by atoms with van der Waals surface area (Å²) in [5.41, 5.74) is 4.66. The van der Waals surface area contributed by atoms with Crippen LogP contribution in [0, 0.1) is 10.8 Å². The van der Waals surface area contributed by atoms with Crippen LogP contribution in [0.15, 0.2) is 0 Å². The van der Waals surface area contributed by atoms with Gasteiger partial charge in [-0.25, -0.2) is 0 Å². The SMILES string of the molecule is CC(C)(CO)CCC(C)(C)C(N)=O. The Kier molecular flexibility index (Phi) is 3.91. The van der Waals surface area contributed by atoms with Crippen LogP contribution in [0.5, 0.6) is 0 Å². The number of nitrogens with two attached hydrogens (primary N) is 1. The monoisotopic (exact) mass is 187 g/mol. The van der Waals surface area contributed by atoms with E-state index < -0.39 is 5.41 Å². The first-order valence-corrected chi connectivity index (χ1v) is 4.62. The van der Waals surface area contributed by atoms with Gasteiger partial charge in [-0.15, -0.1) is 0 Å². The number of hydrogen-bond donors (Lipinski definition) is 2. The molecule has 0 aromatic heterocycles. The standard InChI is InChI=1S/C10H21NO2/c1-9(2,7-12)5-6-10(3,4)8(11)13/h12H,5-7H2,1-4H3,(H2,11,13). The summed E-state index contributed by atoms with van der Waals surface area (Å²) in [6, 6.07) is 0. The third-order valence-electron chi connectivity index (χ3n) is 2.52. The molecule has 0 aliphatic rings. The molecule has 0 rings (SSSR count). The third-order valence-corrected chi connectivity index (χ3v) is 2.52. The number of aliphatic hydroxyl groups excluding tert-OH is 1. The molecule has 0 fully saturated rings. The Bertz CT molecular complexity index is 185. The topological polar surface area (TPSA) is 63.3 Å². The summed E-state index contributed by atoms with van der Waals surface area (Å²) < 4.78 is 0. The maximum atomic E-state index is 11.0. The van der Waals surface area contributed by atoms with Crippen molar-refractivity contribution < 1.29 is 9.90 Å². The average molecular weight is 187 g/mol. The van der Waals surface area contributed by atoms with Gasteiger partial charge >= 0.3 is 0 Å².